The maximum atomic E-state index is 5.97. The molecule has 0 amide bonds. The lowest BCUT2D eigenvalue weighted by Gasteiger charge is -2.23. The zero-order chi connectivity index (χ0) is 10.9. The number of nitrogens with two attached hydrogens (primary N) is 1. The molecular formula is C12H21N3. The summed E-state index contributed by atoms with van der Waals surface area (Å²) in [5, 5.41) is 4.19. The van der Waals surface area contributed by atoms with Gasteiger partial charge in [0.05, 0.1) is 6.20 Å². The van der Waals surface area contributed by atoms with Crippen LogP contribution >= 0.6 is 0 Å². The van der Waals surface area contributed by atoms with Crippen LogP contribution in [0.4, 0.5) is 0 Å². The van der Waals surface area contributed by atoms with E-state index >= 15 is 0 Å². The SMILES string of the molecule is Cn1cc(CCC2(C)CCC(N)C2)cn1. The van der Waals surface area contributed by atoms with Crippen LogP contribution < -0.4 is 5.73 Å². The zero-order valence-electron chi connectivity index (χ0n) is 9.74. The van der Waals surface area contributed by atoms with E-state index in [-0.39, 0.29) is 0 Å². The van der Waals surface area contributed by atoms with Crippen LogP contribution in [-0.2, 0) is 13.5 Å². The van der Waals surface area contributed by atoms with Crippen molar-refractivity contribution in [2.75, 3.05) is 0 Å². The standard InChI is InChI=1S/C12H21N3/c1-12(6-4-11(13)7-12)5-3-10-8-14-15(2)9-10/h8-9,11H,3-7,13H2,1-2H3. The number of rotatable bonds is 3. The number of aromatic nitrogens is 2. The molecule has 1 aromatic rings. The molecule has 1 heterocycles. The van der Waals surface area contributed by atoms with Crippen LogP contribution in [0.3, 0.4) is 0 Å². The first-order chi connectivity index (χ1) is 7.07. The molecule has 1 fully saturated rings. The predicted molar refractivity (Wildman–Crippen MR) is 61.5 cm³/mol. The summed E-state index contributed by atoms with van der Waals surface area (Å²) in [7, 11) is 1.97. The zero-order valence-corrected chi connectivity index (χ0v) is 9.74. The smallest absolute Gasteiger partial charge is 0.0521 e. The highest BCUT2D eigenvalue weighted by Crippen LogP contribution is 2.40. The molecule has 2 rings (SSSR count). The van der Waals surface area contributed by atoms with Crippen molar-refractivity contribution < 1.29 is 0 Å². The van der Waals surface area contributed by atoms with Crippen molar-refractivity contribution in [1.82, 2.24) is 9.78 Å². The first-order valence-corrected chi connectivity index (χ1v) is 5.81. The molecule has 0 bridgehead atoms. The first-order valence-electron chi connectivity index (χ1n) is 5.81. The molecule has 1 saturated carbocycles. The fourth-order valence-corrected chi connectivity index (χ4v) is 2.65. The molecule has 84 valence electrons. The van der Waals surface area contributed by atoms with E-state index in [0.29, 0.717) is 11.5 Å². The van der Waals surface area contributed by atoms with E-state index in [1.165, 1.54) is 31.2 Å². The van der Waals surface area contributed by atoms with E-state index in [4.69, 9.17) is 5.73 Å². The third kappa shape index (κ3) is 2.59. The molecular weight excluding hydrogens is 186 g/mol. The van der Waals surface area contributed by atoms with Gasteiger partial charge in [0.25, 0.3) is 0 Å². The van der Waals surface area contributed by atoms with Crippen molar-refractivity contribution in [2.24, 2.45) is 18.2 Å². The van der Waals surface area contributed by atoms with E-state index in [1.54, 1.807) is 0 Å². The molecule has 1 aliphatic rings. The second-order valence-electron chi connectivity index (χ2n) is 5.34. The van der Waals surface area contributed by atoms with Gasteiger partial charge < -0.3 is 5.73 Å². The van der Waals surface area contributed by atoms with Crippen LogP contribution in [0.1, 0.15) is 38.2 Å². The van der Waals surface area contributed by atoms with Gasteiger partial charge in [0.2, 0.25) is 0 Å². The molecule has 1 aromatic heterocycles. The predicted octanol–water partition coefficient (Wildman–Crippen LogP) is 1.87. The lowest BCUT2D eigenvalue weighted by Crippen LogP contribution is -2.19. The summed E-state index contributed by atoms with van der Waals surface area (Å²) in [5.74, 6) is 0. The maximum Gasteiger partial charge on any atom is 0.0521 e. The average molecular weight is 207 g/mol. The molecule has 1 aliphatic carbocycles. The van der Waals surface area contributed by atoms with Crippen LogP contribution in [0, 0.1) is 5.41 Å². The van der Waals surface area contributed by atoms with Gasteiger partial charge in [-0.15, -0.1) is 0 Å². The molecule has 2 unspecified atom stereocenters. The van der Waals surface area contributed by atoms with Gasteiger partial charge in [0.15, 0.2) is 0 Å². The summed E-state index contributed by atoms with van der Waals surface area (Å²) in [4.78, 5) is 0. The largest absolute Gasteiger partial charge is 0.328 e. The summed E-state index contributed by atoms with van der Waals surface area (Å²) in [6, 6.07) is 0.434. The maximum absolute atomic E-state index is 5.97. The van der Waals surface area contributed by atoms with Crippen molar-refractivity contribution in [3.05, 3.63) is 18.0 Å². The van der Waals surface area contributed by atoms with E-state index in [0.717, 1.165) is 6.42 Å². The molecule has 0 saturated heterocycles. The number of nitrogens with zero attached hydrogens (tertiary/aromatic N) is 2. The second-order valence-corrected chi connectivity index (χ2v) is 5.34. The van der Waals surface area contributed by atoms with E-state index in [2.05, 4.69) is 18.2 Å². The fraction of sp³-hybridized carbons (Fsp3) is 0.750. The lowest BCUT2D eigenvalue weighted by atomic mass is 9.83. The third-order valence-electron chi connectivity index (χ3n) is 3.65. The normalized spacial score (nSPS) is 31.0. The summed E-state index contributed by atoms with van der Waals surface area (Å²) in [6.07, 6.45) is 10.1. The quantitative estimate of drug-likeness (QED) is 0.822. The Morgan fingerprint density at radius 1 is 1.67 bits per heavy atom. The lowest BCUT2D eigenvalue weighted by molar-refractivity contribution is 0.304. The summed E-state index contributed by atoms with van der Waals surface area (Å²) in [5.41, 5.74) is 7.78. The van der Waals surface area contributed by atoms with Crippen molar-refractivity contribution in [1.29, 1.82) is 0 Å². The topological polar surface area (TPSA) is 43.8 Å². The number of aryl methyl sites for hydroxylation is 2. The van der Waals surface area contributed by atoms with Gasteiger partial charge in [-0.3, -0.25) is 4.68 Å². The number of hydrogen-bond acceptors (Lipinski definition) is 2. The second kappa shape index (κ2) is 3.97. The first kappa shape index (κ1) is 10.7. The molecule has 0 radical (unpaired) electrons. The van der Waals surface area contributed by atoms with Crippen molar-refractivity contribution in [3.63, 3.8) is 0 Å². The van der Waals surface area contributed by atoms with Gasteiger partial charge in [0.1, 0.15) is 0 Å². The molecule has 3 heteroatoms. The number of hydrogen-bond donors (Lipinski definition) is 1. The molecule has 0 aromatic carbocycles. The van der Waals surface area contributed by atoms with Crippen LogP contribution in [0.25, 0.3) is 0 Å². The summed E-state index contributed by atoms with van der Waals surface area (Å²) < 4.78 is 1.87. The van der Waals surface area contributed by atoms with E-state index in [1.807, 2.05) is 17.9 Å². The van der Waals surface area contributed by atoms with Gasteiger partial charge >= 0.3 is 0 Å². The fourth-order valence-electron chi connectivity index (χ4n) is 2.65. The van der Waals surface area contributed by atoms with Crippen LogP contribution in [0.2, 0.25) is 0 Å². The Balaban J connectivity index is 1.88. The van der Waals surface area contributed by atoms with Crippen LogP contribution in [-0.4, -0.2) is 15.8 Å². The molecule has 2 N–H and O–H groups in total. The molecule has 15 heavy (non-hydrogen) atoms. The summed E-state index contributed by atoms with van der Waals surface area (Å²) >= 11 is 0. The van der Waals surface area contributed by atoms with Gasteiger partial charge in [0, 0.05) is 19.3 Å². The molecule has 2 atom stereocenters. The van der Waals surface area contributed by atoms with Gasteiger partial charge in [-0.25, -0.2) is 0 Å². The Morgan fingerprint density at radius 2 is 2.47 bits per heavy atom. The molecule has 3 nitrogen and oxygen atoms in total. The average Bonchev–Trinajstić information content (AvgIpc) is 2.71. The monoisotopic (exact) mass is 207 g/mol. The van der Waals surface area contributed by atoms with Crippen molar-refractivity contribution >= 4 is 0 Å². The minimum atomic E-state index is 0.434. The Bertz CT molecular complexity index is 331. The third-order valence-corrected chi connectivity index (χ3v) is 3.65. The minimum Gasteiger partial charge on any atom is -0.328 e. The highest BCUT2D eigenvalue weighted by Gasteiger charge is 2.32. The summed E-state index contributed by atoms with van der Waals surface area (Å²) in [6.45, 7) is 2.37. The van der Waals surface area contributed by atoms with Crippen LogP contribution in [0.15, 0.2) is 12.4 Å². The molecule has 0 spiro atoms. The van der Waals surface area contributed by atoms with Gasteiger partial charge in [-0.05, 0) is 43.1 Å². The van der Waals surface area contributed by atoms with Crippen LogP contribution in [0.5, 0.6) is 0 Å². The Hall–Kier alpha value is -0.830. The Labute approximate surface area is 91.7 Å². The van der Waals surface area contributed by atoms with Crippen molar-refractivity contribution in [2.45, 2.75) is 45.1 Å². The van der Waals surface area contributed by atoms with Gasteiger partial charge in [-0.1, -0.05) is 6.92 Å². The van der Waals surface area contributed by atoms with Gasteiger partial charge in [-0.2, -0.15) is 5.10 Å². The highest BCUT2D eigenvalue weighted by atomic mass is 15.2. The van der Waals surface area contributed by atoms with Crippen molar-refractivity contribution in [3.8, 4) is 0 Å². The Kier molecular flexibility index (Phi) is 2.83. The minimum absolute atomic E-state index is 0.434. The van der Waals surface area contributed by atoms with E-state index < -0.39 is 0 Å². The van der Waals surface area contributed by atoms with E-state index in [9.17, 15) is 0 Å². The Morgan fingerprint density at radius 3 is 3.00 bits per heavy atom. The molecule has 0 aliphatic heterocycles. The highest BCUT2D eigenvalue weighted by molar-refractivity contribution is 5.05.